The summed E-state index contributed by atoms with van der Waals surface area (Å²) in [7, 11) is 0. The first kappa shape index (κ1) is 34.1. The molecule has 293 valence electrons. The third-order valence-corrected chi connectivity index (χ3v) is 8.78. The van der Waals surface area contributed by atoms with E-state index in [1.165, 1.54) is 0 Å². The van der Waals surface area contributed by atoms with Crippen molar-refractivity contribution in [2.75, 3.05) is 0 Å². The van der Waals surface area contributed by atoms with E-state index < -0.39 is 35.4 Å². The van der Waals surface area contributed by atoms with Crippen LogP contribution in [0.3, 0.4) is 0 Å². The molecule has 0 N–H and O–H groups in total. The number of pyridine rings is 3. The summed E-state index contributed by atoms with van der Waals surface area (Å²) >= 11 is 0. The van der Waals surface area contributed by atoms with Crippen LogP contribution in [0.4, 0.5) is 0 Å². The van der Waals surface area contributed by atoms with Crippen molar-refractivity contribution in [1.29, 1.82) is 0 Å². The molecule has 4 heterocycles. The summed E-state index contributed by atoms with van der Waals surface area (Å²) in [5.74, 6) is 0. The van der Waals surface area contributed by atoms with Gasteiger partial charge in [-0.2, -0.15) is 0 Å². The zero-order chi connectivity index (χ0) is 45.0. The summed E-state index contributed by atoms with van der Waals surface area (Å²) in [5.41, 5.74) is 6.90. The predicted octanol–water partition coefficient (Wildman–Crippen LogP) is 14.0. The molecule has 57 heavy (non-hydrogen) atoms. The molecule has 0 atom stereocenters. The van der Waals surface area contributed by atoms with Gasteiger partial charge in [0.15, 0.2) is 0 Å². The Labute approximate surface area is 361 Å². The summed E-state index contributed by atoms with van der Waals surface area (Å²) in [6.07, 6.45) is -1.15. The maximum absolute atomic E-state index is 8.70. The second kappa shape index (κ2) is 16.9. The molecular weight excluding hydrogens is 875 g/mol. The molecule has 0 spiro atoms. The maximum Gasteiger partial charge on any atom is 0.147 e. The Morgan fingerprint density at radius 1 is 0.579 bits per heavy atom. The Bertz CT molecular complexity index is 2890. The molecule has 0 amide bonds. The molecule has 0 aliphatic heterocycles. The van der Waals surface area contributed by atoms with E-state index in [-0.39, 0.29) is 20.1 Å². The van der Waals surface area contributed by atoms with Crippen LogP contribution in [0.1, 0.15) is 87.4 Å². The van der Waals surface area contributed by atoms with E-state index in [0.29, 0.717) is 44.8 Å². The molecule has 8 rings (SSSR count). The van der Waals surface area contributed by atoms with Gasteiger partial charge in [-0.1, -0.05) is 133 Å². The minimum Gasteiger partial charge on any atom is -0.498 e. The van der Waals surface area contributed by atoms with Crippen molar-refractivity contribution in [2.45, 2.75) is 81.4 Å². The largest absolute Gasteiger partial charge is 0.498 e. The van der Waals surface area contributed by atoms with E-state index >= 15 is 0 Å². The zero-order valence-electron chi connectivity index (χ0n) is 40.1. The van der Waals surface area contributed by atoms with Gasteiger partial charge in [-0.3, -0.25) is 0 Å². The van der Waals surface area contributed by atoms with Crippen LogP contribution in [-0.2, 0) is 39.2 Å². The number of furan rings is 1. The van der Waals surface area contributed by atoms with Crippen molar-refractivity contribution in [3.63, 3.8) is 0 Å². The van der Waals surface area contributed by atoms with Crippen LogP contribution in [0.25, 0.3) is 66.5 Å². The smallest absolute Gasteiger partial charge is 0.147 e. The Morgan fingerprint density at radius 3 is 1.95 bits per heavy atom. The zero-order valence-corrected chi connectivity index (χ0v) is 36.5. The molecule has 0 aliphatic rings. The van der Waals surface area contributed by atoms with Gasteiger partial charge >= 0.3 is 0 Å². The second-order valence-electron chi connectivity index (χ2n) is 17.2. The van der Waals surface area contributed by atoms with E-state index in [1.807, 2.05) is 153 Å². The SMILES string of the molecule is [2H]C([2H])(c1ccc(-c2ccnc(-c3[c-]cccc3)c2)cc1)C(C)(C)C.[2H]C([2H])(c1ccnc(-c2[c-]ccc3c2oc2c3ccc3ccc(C([2H])([2H])C(C)(C)C)nc32)c1)C(C)(C)C.[Ir]. The second-order valence-corrected chi connectivity index (χ2v) is 17.2. The quantitative estimate of drug-likeness (QED) is 0.156. The van der Waals surface area contributed by atoms with Gasteiger partial charge in [0.2, 0.25) is 0 Å². The molecule has 4 aromatic heterocycles. The molecule has 0 bridgehead atoms. The van der Waals surface area contributed by atoms with Crippen LogP contribution in [-0.4, -0.2) is 15.0 Å². The first-order valence-electron chi connectivity index (χ1n) is 22.1. The van der Waals surface area contributed by atoms with Crippen molar-refractivity contribution in [2.24, 2.45) is 16.2 Å². The average Bonchev–Trinajstić information content (AvgIpc) is 3.63. The Morgan fingerprint density at radius 2 is 1.25 bits per heavy atom. The Kier molecular flexibility index (Phi) is 10.1. The molecule has 0 saturated heterocycles. The van der Waals surface area contributed by atoms with Crippen LogP contribution in [0.2, 0.25) is 0 Å². The average molecular weight is 934 g/mol. The van der Waals surface area contributed by atoms with Crippen molar-refractivity contribution < 1.29 is 32.7 Å². The molecule has 5 heteroatoms. The standard InChI is InChI=1S/C30H31N2O.C22H22N.Ir/c1-29(2,3)17-19-14-15-31-25(16-19)24-9-7-8-22-23-13-11-20-10-12-21(18-30(4,5)6)32-26(20)28(23)33-27(22)24;1-22(2,3)16-17-9-11-18(12-10-17)20-13-14-23-21(15-20)19-7-5-4-6-8-19;/h7-8,10-16H,17-18H2,1-6H3;4-7,9-15H,16H2,1-3H3;/q2*-1;/i17D2,18D2;16D2;. The topological polar surface area (TPSA) is 51.8 Å². The number of rotatable bonds is 6. The molecule has 4 aromatic carbocycles. The monoisotopic (exact) mass is 934 g/mol. The number of nitrogens with zero attached hydrogens (tertiary/aromatic N) is 3. The van der Waals surface area contributed by atoms with E-state index in [4.69, 9.17) is 17.6 Å². The predicted molar refractivity (Wildman–Crippen MR) is 235 cm³/mol. The van der Waals surface area contributed by atoms with Crippen LogP contribution in [0, 0.1) is 28.4 Å². The molecule has 0 saturated carbocycles. The number of hydrogen-bond donors (Lipinski definition) is 0. The Hall–Kier alpha value is -4.96. The third-order valence-electron chi connectivity index (χ3n) is 8.78. The van der Waals surface area contributed by atoms with Gasteiger partial charge in [0.05, 0.1) is 5.58 Å². The maximum atomic E-state index is 8.70. The van der Waals surface area contributed by atoms with Crippen LogP contribution >= 0.6 is 0 Å². The first-order valence-corrected chi connectivity index (χ1v) is 19.1. The summed E-state index contributed by atoms with van der Waals surface area (Å²) in [6, 6.07) is 40.8. The number of hydrogen-bond acceptors (Lipinski definition) is 4. The number of fused-ring (bicyclic) bond motifs is 5. The van der Waals surface area contributed by atoms with Crippen LogP contribution < -0.4 is 0 Å². The van der Waals surface area contributed by atoms with Crippen molar-refractivity contribution >= 4 is 32.8 Å². The summed E-state index contributed by atoms with van der Waals surface area (Å²) in [6.45, 7) is 17.0. The van der Waals surface area contributed by atoms with Crippen molar-refractivity contribution in [3.8, 4) is 33.6 Å². The van der Waals surface area contributed by atoms with Gasteiger partial charge in [-0.15, -0.1) is 54.1 Å². The molecule has 0 fully saturated rings. The summed E-state index contributed by atoms with van der Waals surface area (Å²) in [5, 5.41) is 2.62. The fourth-order valence-electron chi connectivity index (χ4n) is 6.59. The molecule has 1 radical (unpaired) electrons. The minimum atomic E-state index is -1.63. The van der Waals surface area contributed by atoms with Crippen LogP contribution in [0.5, 0.6) is 0 Å². The normalized spacial score (nSPS) is 14.3. The molecule has 8 aromatic rings. The van der Waals surface area contributed by atoms with E-state index in [0.717, 1.165) is 38.5 Å². The first-order chi connectivity index (χ1) is 28.9. The van der Waals surface area contributed by atoms with Crippen molar-refractivity contribution in [3.05, 3.63) is 151 Å². The summed E-state index contributed by atoms with van der Waals surface area (Å²) < 4.78 is 58.0. The van der Waals surface area contributed by atoms with Gasteiger partial charge in [0.1, 0.15) is 11.1 Å². The number of benzene rings is 4. The van der Waals surface area contributed by atoms with Crippen LogP contribution in [0.15, 0.2) is 126 Å². The number of aromatic nitrogens is 3. The fraction of sp³-hybridized carbons (Fsp3) is 0.288. The summed E-state index contributed by atoms with van der Waals surface area (Å²) in [4.78, 5) is 13.7. The van der Waals surface area contributed by atoms with Gasteiger partial charge in [-0.25, -0.2) is 4.98 Å². The van der Waals surface area contributed by atoms with Gasteiger partial charge in [0, 0.05) is 57.2 Å². The minimum absolute atomic E-state index is 0. The van der Waals surface area contributed by atoms with Gasteiger partial charge in [0.25, 0.3) is 0 Å². The fourth-order valence-corrected chi connectivity index (χ4v) is 6.59. The molecule has 0 aliphatic carbocycles. The van der Waals surface area contributed by atoms with E-state index in [2.05, 4.69) is 22.1 Å². The molecule has 0 unspecified atom stereocenters. The van der Waals surface area contributed by atoms with Gasteiger partial charge in [-0.05, 0) is 81.6 Å². The van der Waals surface area contributed by atoms with Gasteiger partial charge < -0.3 is 14.4 Å². The third kappa shape index (κ3) is 10.5. The molecular formula is C52H53IrN3O-2. The Balaban J connectivity index is 0.000000222. The van der Waals surface area contributed by atoms with Crippen molar-refractivity contribution in [1.82, 2.24) is 15.0 Å². The van der Waals surface area contributed by atoms with E-state index in [1.54, 1.807) is 30.6 Å². The molecule has 4 nitrogen and oxygen atoms in total. The van der Waals surface area contributed by atoms with E-state index in [9.17, 15) is 0 Å².